The summed E-state index contributed by atoms with van der Waals surface area (Å²) in [7, 11) is 0. The first-order valence-corrected chi connectivity index (χ1v) is 22.9. The summed E-state index contributed by atoms with van der Waals surface area (Å²) in [6, 6.07) is 61.7. The van der Waals surface area contributed by atoms with Gasteiger partial charge in [-0.2, -0.15) is 12.1 Å². The molecule has 0 spiro atoms. The van der Waals surface area contributed by atoms with Gasteiger partial charge in [0, 0.05) is 77.8 Å². The zero-order valence-corrected chi connectivity index (χ0v) is 41.8. The van der Waals surface area contributed by atoms with E-state index in [-0.39, 0.29) is 37.3 Å². The molecule has 0 saturated heterocycles. The second kappa shape index (κ2) is 16.3. The number of pyridine rings is 1. The van der Waals surface area contributed by atoms with Crippen LogP contribution in [0.5, 0.6) is 11.5 Å². The molecular formula is C60H54N5OPt-3. The van der Waals surface area contributed by atoms with Crippen molar-refractivity contribution in [1.82, 2.24) is 14.1 Å². The summed E-state index contributed by atoms with van der Waals surface area (Å²) in [4.78, 5) is 9.50. The van der Waals surface area contributed by atoms with Crippen LogP contribution in [0.2, 0.25) is 0 Å². The van der Waals surface area contributed by atoms with Crippen molar-refractivity contribution in [2.45, 2.75) is 78.6 Å². The van der Waals surface area contributed by atoms with Crippen LogP contribution < -0.4 is 14.5 Å². The van der Waals surface area contributed by atoms with E-state index in [1.54, 1.807) is 0 Å². The van der Waals surface area contributed by atoms with Crippen molar-refractivity contribution in [3.63, 3.8) is 0 Å². The van der Waals surface area contributed by atoms with Crippen LogP contribution in [0.4, 0.5) is 22.7 Å². The van der Waals surface area contributed by atoms with Crippen LogP contribution in [0, 0.1) is 18.8 Å². The van der Waals surface area contributed by atoms with Gasteiger partial charge in [0.15, 0.2) is 0 Å². The standard InChI is InChI=1S/C60H54N5O.Pt/c1-58(2,3)39-16-14-17-42(32-39)63-38-62(54-28-24-40(33-56(54)63)59(4,5)6)43-18-15-19-45(35-43)66-46-26-27-49-50-36-44(64-51-22-12-10-20-47(51)48-21-11-13-23-52(48)64)25-29-53(50)65(55(49)37-46)57-34-41(30-31-61-57)60(7,8)9;/h10-34,36,38H,1-9H3;/q-3;. The fourth-order valence-electron chi connectivity index (χ4n) is 9.46. The monoisotopic (exact) mass is 1060 g/mol. The number of ether oxygens (including phenoxy) is 1. The van der Waals surface area contributed by atoms with Crippen LogP contribution in [-0.4, -0.2) is 14.1 Å². The number of para-hydroxylation sites is 2. The average molecular weight is 1060 g/mol. The van der Waals surface area contributed by atoms with Gasteiger partial charge in [-0.15, -0.1) is 48.1 Å². The maximum absolute atomic E-state index is 6.74. The Morgan fingerprint density at radius 2 is 1.10 bits per heavy atom. The predicted octanol–water partition coefficient (Wildman–Crippen LogP) is 16.0. The molecule has 11 rings (SSSR count). The van der Waals surface area contributed by atoms with Gasteiger partial charge in [-0.3, -0.25) is 0 Å². The van der Waals surface area contributed by atoms with Gasteiger partial charge in [-0.05, 0) is 105 Å². The van der Waals surface area contributed by atoms with E-state index in [0.29, 0.717) is 11.5 Å². The molecule has 0 bridgehead atoms. The van der Waals surface area contributed by atoms with Crippen molar-refractivity contribution in [1.29, 1.82) is 0 Å². The zero-order valence-electron chi connectivity index (χ0n) is 39.5. The Labute approximate surface area is 408 Å². The smallest absolute Gasteiger partial charge is 0.135 e. The Balaban J connectivity index is 0.00000525. The number of aromatic nitrogens is 3. The van der Waals surface area contributed by atoms with Gasteiger partial charge >= 0.3 is 0 Å². The van der Waals surface area contributed by atoms with Crippen molar-refractivity contribution >= 4 is 66.4 Å². The Hall–Kier alpha value is -6.62. The first-order chi connectivity index (χ1) is 31.6. The zero-order chi connectivity index (χ0) is 45.7. The Morgan fingerprint density at radius 1 is 0.463 bits per heavy atom. The summed E-state index contributed by atoms with van der Waals surface area (Å²) in [5.74, 6) is 2.03. The molecule has 0 radical (unpaired) electrons. The molecule has 1 aliphatic rings. The van der Waals surface area contributed by atoms with E-state index in [1.807, 2.05) is 24.4 Å². The second-order valence-electron chi connectivity index (χ2n) is 20.8. The van der Waals surface area contributed by atoms with E-state index >= 15 is 0 Å². The van der Waals surface area contributed by atoms with Crippen LogP contribution in [0.25, 0.3) is 55.1 Å². The third-order valence-corrected chi connectivity index (χ3v) is 13.1. The van der Waals surface area contributed by atoms with Gasteiger partial charge in [0.1, 0.15) is 5.82 Å². The van der Waals surface area contributed by atoms with Crippen LogP contribution in [0.15, 0.2) is 158 Å². The van der Waals surface area contributed by atoms with E-state index in [9.17, 15) is 0 Å². The third-order valence-electron chi connectivity index (χ3n) is 13.1. The van der Waals surface area contributed by atoms with Crippen molar-refractivity contribution < 1.29 is 25.8 Å². The minimum absolute atomic E-state index is 0. The molecule has 0 unspecified atom stereocenters. The largest absolute Gasteiger partial charge is 0.509 e. The molecule has 7 heteroatoms. The van der Waals surface area contributed by atoms with Gasteiger partial charge in [0.25, 0.3) is 0 Å². The van der Waals surface area contributed by atoms with Gasteiger partial charge < -0.3 is 23.7 Å². The molecule has 0 saturated carbocycles. The van der Waals surface area contributed by atoms with Crippen LogP contribution in [0.1, 0.15) is 79.0 Å². The van der Waals surface area contributed by atoms with Crippen molar-refractivity contribution in [2.24, 2.45) is 0 Å². The molecule has 1 aliphatic heterocycles. The van der Waals surface area contributed by atoms with Gasteiger partial charge in [-0.25, -0.2) is 4.98 Å². The van der Waals surface area contributed by atoms with Gasteiger partial charge in [-0.1, -0.05) is 122 Å². The van der Waals surface area contributed by atoms with Crippen molar-refractivity contribution in [2.75, 3.05) is 9.80 Å². The van der Waals surface area contributed by atoms with Gasteiger partial charge in [0.2, 0.25) is 0 Å². The molecule has 4 heterocycles. The minimum Gasteiger partial charge on any atom is -0.509 e. The summed E-state index contributed by atoms with van der Waals surface area (Å²) in [6.07, 6.45) is 1.92. The predicted molar refractivity (Wildman–Crippen MR) is 275 cm³/mol. The Kier molecular flexibility index (Phi) is 10.8. The van der Waals surface area contributed by atoms with E-state index in [4.69, 9.17) is 9.72 Å². The molecule has 0 atom stereocenters. The van der Waals surface area contributed by atoms with Gasteiger partial charge in [0.05, 0.1) is 11.0 Å². The van der Waals surface area contributed by atoms with E-state index in [0.717, 1.165) is 56.1 Å². The molecule has 6 nitrogen and oxygen atoms in total. The summed E-state index contributed by atoms with van der Waals surface area (Å²) >= 11 is 0. The molecular weight excluding hydrogens is 1000 g/mol. The first kappa shape index (κ1) is 44.2. The molecule has 0 fully saturated rings. The SMILES string of the molecule is CC(C)(C)c1cccc(N2[CH-]N(c3[c-]c(Oc4[c-]c5c(cc4)c4cc(-n6c7ccccc7c7ccccc76)ccc4n5-c4cc(C(C)(C)C)ccn4)ccc3)c3ccc(C(C)(C)C)cc32)c1.[Pt]. The number of nitrogens with zero attached hydrogens (tertiary/aromatic N) is 5. The average Bonchev–Trinajstić information content (AvgIpc) is 3.96. The number of rotatable bonds is 6. The minimum atomic E-state index is -0.0609. The molecule has 0 amide bonds. The molecule has 10 aromatic rings. The van der Waals surface area contributed by atoms with E-state index in [2.05, 4.69) is 234 Å². The first-order valence-electron chi connectivity index (χ1n) is 22.9. The molecule has 67 heavy (non-hydrogen) atoms. The molecule has 0 aliphatic carbocycles. The summed E-state index contributed by atoms with van der Waals surface area (Å²) < 4.78 is 11.3. The van der Waals surface area contributed by atoms with Crippen molar-refractivity contribution in [3.05, 3.63) is 193 Å². The van der Waals surface area contributed by atoms with E-state index < -0.39 is 0 Å². The number of hydrogen-bond acceptors (Lipinski definition) is 4. The maximum Gasteiger partial charge on any atom is 0.135 e. The maximum atomic E-state index is 6.74. The normalized spacial score (nSPS) is 13.2. The second-order valence-corrected chi connectivity index (χ2v) is 20.8. The number of hydrogen-bond donors (Lipinski definition) is 0. The topological polar surface area (TPSA) is 38.5 Å². The summed E-state index contributed by atoms with van der Waals surface area (Å²) in [5, 5.41) is 4.65. The van der Waals surface area contributed by atoms with Crippen molar-refractivity contribution in [3.8, 4) is 23.0 Å². The summed E-state index contributed by atoms with van der Waals surface area (Å²) in [6.45, 7) is 22.5. The number of anilines is 4. The molecule has 3 aromatic heterocycles. The fraction of sp³-hybridized carbons (Fsp3) is 0.200. The number of fused-ring (bicyclic) bond motifs is 7. The molecule has 0 N–H and O–H groups in total. The number of benzene rings is 7. The summed E-state index contributed by atoms with van der Waals surface area (Å²) in [5.41, 5.74) is 13.3. The third kappa shape index (κ3) is 7.79. The quantitative estimate of drug-likeness (QED) is 0.156. The Morgan fingerprint density at radius 3 is 1.82 bits per heavy atom. The van der Waals surface area contributed by atoms with Crippen LogP contribution in [-0.2, 0) is 37.3 Å². The fourth-order valence-corrected chi connectivity index (χ4v) is 9.46. The Bertz CT molecular complexity index is 3470. The van der Waals surface area contributed by atoms with Crippen LogP contribution >= 0.6 is 0 Å². The van der Waals surface area contributed by atoms with Crippen LogP contribution in [0.3, 0.4) is 0 Å². The molecule has 7 aromatic carbocycles. The molecule has 338 valence electrons. The van der Waals surface area contributed by atoms with E-state index in [1.165, 1.54) is 38.5 Å².